The molecule has 34 heavy (non-hydrogen) atoms. The number of anilines is 2. The molecule has 2 aliphatic rings. The molecule has 1 aromatic heterocycles. The maximum Gasteiger partial charge on any atom is 0.244 e. The molecule has 0 bridgehead atoms. The zero-order valence-corrected chi connectivity index (χ0v) is 20.2. The highest BCUT2D eigenvalue weighted by atomic mass is 32.2. The van der Waals surface area contributed by atoms with E-state index < -0.39 is 10.0 Å². The molecule has 0 atom stereocenters. The lowest BCUT2D eigenvalue weighted by atomic mass is 10.2. The molecule has 0 radical (unpaired) electrons. The first-order valence-electron chi connectivity index (χ1n) is 11.7. The molecule has 0 spiro atoms. The summed E-state index contributed by atoms with van der Waals surface area (Å²) in [6.07, 6.45) is 2.16. The first-order valence-corrected chi connectivity index (χ1v) is 13.2. The number of ether oxygens (including phenoxy) is 1. The van der Waals surface area contributed by atoms with Gasteiger partial charge in [0.05, 0.1) is 29.5 Å². The number of rotatable bonds is 6. The van der Waals surface area contributed by atoms with Crippen molar-refractivity contribution in [3.8, 4) is 0 Å². The number of para-hydroxylation sites is 1. The molecule has 2 aliphatic heterocycles. The van der Waals surface area contributed by atoms with Gasteiger partial charge in [0.1, 0.15) is 6.54 Å². The van der Waals surface area contributed by atoms with Gasteiger partial charge in [0.25, 0.3) is 0 Å². The number of sulfonamides is 1. The number of carbonyl (C=O) groups excluding carboxylic acids is 1. The third kappa shape index (κ3) is 4.43. The van der Waals surface area contributed by atoms with Crippen LogP contribution in [-0.4, -0.2) is 62.6 Å². The van der Waals surface area contributed by atoms with Gasteiger partial charge in [0.15, 0.2) is 0 Å². The van der Waals surface area contributed by atoms with E-state index >= 15 is 0 Å². The Labute approximate surface area is 200 Å². The molecule has 180 valence electrons. The average molecular weight is 483 g/mol. The Morgan fingerprint density at radius 2 is 1.74 bits per heavy atom. The van der Waals surface area contributed by atoms with Gasteiger partial charge in [-0.2, -0.15) is 4.31 Å². The number of hydrogen-bond donors (Lipinski definition) is 1. The summed E-state index contributed by atoms with van der Waals surface area (Å²) in [6, 6.07) is 15.1. The van der Waals surface area contributed by atoms with Gasteiger partial charge in [-0.15, -0.1) is 0 Å². The second kappa shape index (κ2) is 9.40. The van der Waals surface area contributed by atoms with Crippen molar-refractivity contribution in [1.29, 1.82) is 0 Å². The van der Waals surface area contributed by atoms with Crippen molar-refractivity contribution in [2.75, 3.05) is 49.6 Å². The van der Waals surface area contributed by atoms with Gasteiger partial charge in [0.2, 0.25) is 15.9 Å². The highest BCUT2D eigenvalue weighted by Crippen LogP contribution is 2.33. The highest BCUT2D eigenvalue weighted by molar-refractivity contribution is 7.89. The zero-order chi connectivity index (χ0) is 23.7. The van der Waals surface area contributed by atoms with Crippen molar-refractivity contribution in [1.82, 2.24) is 8.87 Å². The van der Waals surface area contributed by atoms with Crippen LogP contribution in [0.15, 0.2) is 53.4 Å². The number of amides is 1. The zero-order valence-electron chi connectivity index (χ0n) is 19.4. The molecular weight excluding hydrogens is 452 g/mol. The van der Waals surface area contributed by atoms with Crippen molar-refractivity contribution in [2.45, 2.75) is 31.2 Å². The Morgan fingerprint density at radius 3 is 2.50 bits per heavy atom. The lowest BCUT2D eigenvalue weighted by Crippen LogP contribution is -2.40. The number of nitrogens with zero attached hydrogens (tertiary/aromatic N) is 3. The number of aromatic nitrogens is 1. The molecule has 0 unspecified atom stereocenters. The number of nitrogens with one attached hydrogen (secondary N) is 1. The predicted molar refractivity (Wildman–Crippen MR) is 133 cm³/mol. The Balaban J connectivity index is 1.45. The van der Waals surface area contributed by atoms with Crippen LogP contribution in [0.4, 0.5) is 11.4 Å². The van der Waals surface area contributed by atoms with Crippen molar-refractivity contribution in [2.24, 2.45) is 0 Å². The van der Waals surface area contributed by atoms with E-state index in [1.54, 1.807) is 12.1 Å². The van der Waals surface area contributed by atoms with Gasteiger partial charge in [-0.1, -0.05) is 18.2 Å². The largest absolute Gasteiger partial charge is 0.379 e. The topological polar surface area (TPSA) is 83.9 Å². The van der Waals surface area contributed by atoms with Crippen LogP contribution in [-0.2, 0) is 26.1 Å². The number of carbonyl (C=O) groups is 1. The van der Waals surface area contributed by atoms with Crippen molar-refractivity contribution >= 4 is 38.2 Å². The smallest absolute Gasteiger partial charge is 0.244 e. The van der Waals surface area contributed by atoms with E-state index in [1.165, 1.54) is 4.31 Å². The van der Waals surface area contributed by atoms with Gasteiger partial charge in [-0.3, -0.25) is 4.79 Å². The minimum absolute atomic E-state index is 0.152. The fourth-order valence-electron chi connectivity index (χ4n) is 4.84. The molecule has 2 aromatic carbocycles. The normalized spacial score (nSPS) is 17.4. The fourth-order valence-corrected chi connectivity index (χ4v) is 6.27. The third-order valence-corrected chi connectivity index (χ3v) is 8.51. The van der Waals surface area contributed by atoms with Crippen LogP contribution in [0.2, 0.25) is 0 Å². The van der Waals surface area contributed by atoms with Crippen LogP contribution in [0.25, 0.3) is 10.9 Å². The van der Waals surface area contributed by atoms with Crippen LogP contribution < -0.4 is 10.2 Å². The second-order valence-corrected chi connectivity index (χ2v) is 10.8. The van der Waals surface area contributed by atoms with E-state index in [4.69, 9.17) is 4.74 Å². The summed E-state index contributed by atoms with van der Waals surface area (Å²) in [4.78, 5) is 15.6. The third-order valence-electron chi connectivity index (χ3n) is 6.62. The number of fused-ring (bicyclic) bond motifs is 1. The molecule has 2 saturated heterocycles. The van der Waals surface area contributed by atoms with Crippen LogP contribution in [0.1, 0.15) is 18.5 Å². The van der Waals surface area contributed by atoms with Crippen molar-refractivity contribution in [3.63, 3.8) is 0 Å². The highest BCUT2D eigenvalue weighted by Gasteiger charge is 2.28. The minimum atomic E-state index is -3.67. The molecule has 0 aliphatic carbocycles. The van der Waals surface area contributed by atoms with Gasteiger partial charge in [-0.05, 0) is 55.5 Å². The Hall–Kier alpha value is -2.88. The summed E-state index contributed by atoms with van der Waals surface area (Å²) >= 11 is 0. The summed E-state index contributed by atoms with van der Waals surface area (Å²) in [6.45, 7) is 5.35. The predicted octanol–water partition coefficient (Wildman–Crippen LogP) is 3.21. The summed E-state index contributed by atoms with van der Waals surface area (Å²) in [5.41, 5.74) is 3.40. The van der Waals surface area contributed by atoms with Crippen LogP contribution in [0.3, 0.4) is 0 Å². The average Bonchev–Trinajstić information content (AvgIpc) is 3.48. The molecule has 5 rings (SSSR count). The second-order valence-electron chi connectivity index (χ2n) is 8.87. The molecule has 2 fully saturated rings. The first-order chi connectivity index (χ1) is 16.4. The summed E-state index contributed by atoms with van der Waals surface area (Å²) in [5, 5.41) is 4.11. The minimum Gasteiger partial charge on any atom is -0.379 e. The number of benzene rings is 2. The van der Waals surface area contributed by atoms with Gasteiger partial charge < -0.3 is 19.5 Å². The van der Waals surface area contributed by atoms with Crippen molar-refractivity contribution < 1.29 is 17.9 Å². The van der Waals surface area contributed by atoms with Crippen LogP contribution >= 0.6 is 0 Å². The Bertz CT molecular complexity index is 1310. The molecule has 9 heteroatoms. The Kier molecular flexibility index (Phi) is 6.33. The quantitative estimate of drug-likeness (QED) is 0.583. The lowest BCUT2D eigenvalue weighted by molar-refractivity contribution is -0.116. The summed E-state index contributed by atoms with van der Waals surface area (Å²) in [5.74, 6) is -0.189. The van der Waals surface area contributed by atoms with E-state index in [2.05, 4.69) is 16.3 Å². The molecule has 8 nitrogen and oxygen atoms in total. The molecule has 0 saturated carbocycles. The van der Waals surface area contributed by atoms with E-state index in [-0.39, 0.29) is 17.3 Å². The Morgan fingerprint density at radius 1 is 1.00 bits per heavy atom. The number of morpholine rings is 1. The van der Waals surface area contributed by atoms with Crippen LogP contribution in [0, 0.1) is 6.92 Å². The van der Waals surface area contributed by atoms with Crippen LogP contribution in [0.5, 0.6) is 0 Å². The maximum absolute atomic E-state index is 13.2. The lowest BCUT2D eigenvalue weighted by Gasteiger charge is -2.27. The van der Waals surface area contributed by atoms with Gasteiger partial charge >= 0.3 is 0 Å². The maximum atomic E-state index is 13.2. The van der Waals surface area contributed by atoms with E-state index in [0.717, 1.165) is 48.2 Å². The SMILES string of the molecule is Cc1cc2ccccc2n1CC(=O)Nc1cc(S(=O)(=O)N2CCOCC2)ccc1N1CCCC1. The van der Waals surface area contributed by atoms with E-state index in [1.807, 2.05) is 41.8 Å². The van der Waals surface area contributed by atoms with E-state index in [9.17, 15) is 13.2 Å². The molecular formula is C25H30N4O4S. The van der Waals surface area contributed by atoms with E-state index in [0.29, 0.717) is 32.0 Å². The summed E-state index contributed by atoms with van der Waals surface area (Å²) in [7, 11) is -3.67. The summed E-state index contributed by atoms with van der Waals surface area (Å²) < 4.78 is 35.2. The van der Waals surface area contributed by atoms with Gasteiger partial charge in [0, 0.05) is 37.4 Å². The van der Waals surface area contributed by atoms with Crippen molar-refractivity contribution in [3.05, 3.63) is 54.2 Å². The van der Waals surface area contributed by atoms with Gasteiger partial charge in [-0.25, -0.2) is 8.42 Å². The molecule has 3 aromatic rings. The number of hydrogen-bond acceptors (Lipinski definition) is 5. The number of aryl methyl sites for hydroxylation is 1. The monoisotopic (exact) mass is 482 g/mol. The molecule has 3 heterocycles. The molecule has 1 amide bonds. The first kappa shape index (κ1) is 22.9. The standard InChI is InChI=1S/C25H30N4O4S/c1-19-16-20-6-2-3-7-23(20)29(19)18-25(30)26-22-17-21(8-9-24(22)27-10-4-5-11-27)34(31,32)28-12-14-33-15-13-28/h2-3,6-9,16-17H,4-5,10-15,18H2,1H3,(H,26,30). The fraction of sp³-hybridized carbons (Fsp3) is 0.400. The molecule has 1 N–H and O–H groups in total.